The lowest BCUT2D eigenvalue weighted by Crippen LogP contribution is -2.37. The number of nitrogens with one attached hydrogen (secondary N) is 1. The summed E-state index contributed by atoms with van der Waals surface area (Å²) in [4.78, 5) is 13.0. The summed E-state index contributed by atoms with van der Waals surface area (Å²) in [5, 5.41) is 15.3. The van der Waals surface area contributed by atoms with Crippen molar-refractivity contribution in [1.82, 2.24) is 0 Å². The van der Waals surface area contributed by atoms with Gasteiger partial charge in [0.05, 0.1) is 6.61 Å². The van der Waals surface area contributed by atoms with Gasteiger partial charge in [-0.1, -0.05) is 51.2 Å². The number of aryl methyl sites for hydroxylation is 2. The minimum absolute atomic E-state index is 0.303. The van der Waals surface area contributed by atoms with Gasteiger partial charge in [0.25, 0.3) is 5.91 Å². The number of ether oxygens (including phenoxy) is 1. The van der Waals surface area contributed by atoms with Crippen LogP contribution in [0.1, 0.15) is 78.3 Å². The molecular formula is C24H34N2O3. The van der Waals surface area contributed by atoms with Crippen LogP contribution in [0.3, 0.4) is 0 Å². The summed E-state index contributed by atoms with van der Waals surface area (Å²) in [6.45, 7) is 10.1. The van der Waals surface area contributed by atoms with E-state index in [2.05, 4.69) is 12.2 Å². The van der Waals surface area contributed by atoms with Crippen molar-refractivity contribution in [2.45, 2.75) is 73.1 Å². The molecule has 0 saturated heterocycles. The van der Waals surface area contributed by atoms with Crippen molar-refractivity contribution in [3.05, 3.63) is 57.6 Å². The number of unbranched alkanes of at least 4 members (excludes halogenated alkanes) is 5. The highest BCUT2D eigenvalue weighted by Crippen LogP contribution is 2.25. The molecule has 2 rings (SSSR count). The molecule has 1 aromatic heterocycles. The molecule has 1 heterocycles. The molecule has 0 radical (unpaired) electrons. The largest absolute Gasteiger partial charge is 0.618 e. The minimum Gasteiger partial charge on any atom is -0.618 e. The zero-order valence-electron chi connectivity index (χ0n) is 18.4. The number of benzene rings is 1. The standard InChI is InChI=1S/C24H34N2O3/c1-6-7-8-9-10-11-15-29-22-16-18(3)26(28)20(5)23(22)24(27)25-21-14-12-13-17(2)19(21)4/h12-14,16H,6-11,15H2,1-5H3,(H,25,27). The summed E-state index contributed by atoms with van der Waals surface area (Å²) in [5.74, 6) is 0.155. The SMILES string of the molecule is CCCCCCCCOc1cc(C)[n+]([O-])c(C)c1C(=O)Nc1cccc(C)c1C. The molecule has 0 spiro atoms. The Bertz CT molecular complexity index is 847. The van der Waals surface area contributed by atoms with Gasteiger partial charge in [-0.2, -0.15) is 4.73 Å². The monoisotopic (exact) mass is 398 g/mol. The maximum Gasteiger partial charge on any atom is 0.265 e. The summed E-state index contributed by atoms with van der Waals surface area (Å²) in [6, 6.07) is 7.44. The second kappa shape index (κ2) is 10.8. The molecule has 1 aromatic carbocycles. The van der Waals surface area contributed by atoms with Crippen molar-refractivity contribution in [2.75, 3.05) is 11.9 Å². The summed E-state index contributed by atoms with van der Waals surface area (Å²) in [5.41, 5.74) is 4.03. The number of aromatic nitrogens is 1. The van der Waals surface area contributed by atoms with E-state index in [0.717, 1.165) is 34.4 Å². The Balaban J connectivity index is 2.15. The molecular weight excluding hydrogens is 364 g/mol. The fourth-order valence-electron chi connectivity index (χ4n) is 3.39. The average Bonchev–Trinajstić information content (AvgIpc) is 2.69. The Hall–Kier alpha value is -2.56. The Kier molecular flexibility index (Phi) is 8.50. The number of nitrogens with zero attached hydrogens (tertiary/aromatic N) is 1. The Morgan fingerprint density at radius 2 is 1.76 bits per heavy atom. The van der Waals surface area contributed by atoms with Gasteiger partial charge in [0, 0.05) is 25.6 Å². The fraction of sp³-hybridized carbons (Fsp3) is 0.500. The van der Waals surface area contributed by atoms with Gasteiger partial charge in [-0.3, -0.25) is 4.79 Å². The first-order valence-electron chi connectivity index (χ1n) is 10.6. The van der Waals surface area contributed by atoms with E-state index in [1.54, 1.807) is 19.9 Å². The van der Waals surface area contributed by atoms with Crippen LogP contribution in [-0.2, 0) is 0 Å². The first kappa shape index (κ1) is 22.7. The normalized spacial score (nSPS) is 10.8. The van der Waals surface area contributed by atoms with Crippen LogP contribution in [-0.4, -0.2) is 12.5 Å². The Labute approximate surface area is 174 Å². The second-order valence-corrected chi connectivity index (χ2v) is 7.72. The predicted molar refractivity (Wildman–Crippen MR) is 118 cm³/mol. The van der Waals surface area contributed by atoms with Gasteiger partial charge in [0.15, 0.2) is 5.69 Å². The van der Waals surface area contributed by atoms with Gasteiger partial charge in [-0.15, -0.1) is 0 Å². The highest BCUT2D eigenvalue weighted by Gasteiger charge is 2.24. The van der Waals surface area contributed by atoms with E-state index in [1.807, 2.05) is 32.0 Å². The van der Waals surface area contributed by atoms with Crippen LogP contribution < -0.4 is 14.8 Å². The minimum atomic E-state index is -0.321. The molecule has 29 heavy (non-hydrogen) atoms. The molecule has 5 nitrogen and oxygen atoms in total. The zero-order chi connectivity index (χ0) is 21.4. The van der Waals surface area contributed by atoms with E-state index >= 15 is 0 Å². The zero-order valence-corrected chi connectivity index (χ0v) is 18.4. The maximum atomic E-state index is 13.0. The third kappa shape index (κ3) is 5.96. The van der Waals surface area contributed by atoms with Crippen LogP contribution in [0.2, 0.25) is 0 Å². The summed E-state index contributed by atoms with van der Waals surface area (Å²) in [7, 11) is 0. The molecule has 5 heteroatoms. The molecule has 0 aliphatic heterocycles. The molecule has 0 unspecified atom stereocenters. The predicted octanol–water partition coefficient (Wildman–Crippen LogP) is 5.55. The molecule has 0 aliphatic carbocycles. The fourth-order valence-corrected chi connectivity index (χ4v) is 3.39. The van der Waals surface area contributed by atoms with Crippen LogP contribution in [0.15, 0.2) is 24.3 Å². The van der Waals surface area contributed by atoms with Gasteiger partial charge < -0.3 is 15.3 Å². The van der Waals surface area contributed by atoms with E-state index in [-0.39, 0.29) is 5.91 Å². The lowest BCUT2D eigenvalue weighted by atomic mass is 10.1. The van der Waals surface area contributed by atoms with Crippen LogP contribution in [0.4, 0.5) is 5.69 Å². The highest BCUT2D eigenvalue weighted by atomic mass is 16.5. The molecule has 1 amide bonds. The number of anilines is 1. The first-order chi connectivity index (χ1) is 13.9. The first-order valence-corrected chi connectivity index (χ1v) is 10.6. The Morgan fingerprint density at radius 1 is 1.07 bits per heavy atom. The van der Waals surface area contributed by atoms with Gasteiger partial charge in [0.1, 0.15) is 11.3 Å². The van der Waals surface area contributed by atoms with E-state index < -0.39 is 0 Å². The smallest absolute Gasteiger partial charge is 0.265 e. The number of carbonyl (C=O) groups is 1. The van der Waals surface area contributed by atoms with Crippen LogP contribution in [0.25, 0.3) is 0 Å². The van der Waals surface area contributed by atoms with E-state index in [4.69, 9.17) is 4.74 Å². The number of pyridine rings is 1. The van der Waals surface area contributed by atoms with Crippen LogP contribution in [0, 0.1) is 32.9 Å². The van der Waals surface area contributed by atoms with E-state index in [0.29, 0.717) is 29.3 Å². The average molecular weight is 399 g/mol. The Morgan fingerprint density at radius 3 is 2.48 bits per heavy atom. The number of rotatable bonds is 10. The van der Waals surface area contributed by atoms with E-state index in [1.165, 1.54) is 25.7 Å². The van der Waals surface area contributed by atoms with Gasteiger partial charge in [-0.05, 0) is 37.5 Å². The molecule has 0 fully saturated rings. The molecule has 0 saturated carbocycles. The maximum absolute atomic E-state index is 13.0. The van der Waals surface area contributed by atoms with Crippen molar-refractivity contribution in [1.29, 1.82) is 0 Å². The molecule has 2 aromatic rings. The number of hydrogen-bond acceptors (Lipinski definition) is 3. The van der Waals surface area contributed by atoms with Crippen molar-refractivity contribution in [3.63, 3.8) is 0 Å². The van der Waals surface area contributed by atoms with Gasteiger partial charge >= 0.3 is 0 Å². The number of amides is 1. The topological polar surface area (TPSA) is 65.3 Å². The van der Waals surface area contributed by atoms with Crippen molar-refractivity contribution >= 4 is 11.6 Å². The van der Waals surface area contributed by atoms with E-state index in [9.17, 15) is 10.0 Å². The molecule has 0 aliphatic rings. The summed E-state index contributed by atoms with van der Waals surface area (Å²) in [6.07, 6.45) is 6.99. The number of carbonyl (C=O) groups excluding carboxylic acids is 1. The van der Waals surface area contributed by atoms with Crippen molar-refractivity contribution < 1.29 is 14.3 Å². The lowest BCUT2D eigenvalue weighted by Gasteiger charge is -2.16. The molecule has 0 atom stereocenters. The molecule has 158 valence electrons. The van der Waals surface area contributed by atoms with Crippen molar-refractivity contribution in [2.24, 2.45) is 0 Å². The second-order valence-electron chi connectivity index (χ2n) is 7.72. The highest BCUT2D eigenvalue weighted by molar-refractivity contribution is 6.07. The van der Waals surface area contributed by atoms with Crippen molar-refractivity contribution in [3.8, 4) is 5.75 Å². The summed E-state index contributed by atoms with van der Waals surface area (Å²) >= 11 is 0. The number of hydrogen-bond donors (Lipinski definition) is 1. The van der Waals surface area contributed by atoms with Gasteiger partial charge in [0.2, 0.25) is 5.69 Å². The third-order valence-corrected chi connectivity index (χ3v) is 5.41. The van der Waals surface area contributed by atoms with Crippen LogP contribution in [0.5, 0.6) is 5.75 Å². The van der Waals surface area contributed by atoms with Gasteiger partial charge in [-0.25, -0.2) is 0 Å². The molecule has 0 bridgehead atoms. The third-order valence-electron chi connectivity index (χ3n) is 5.41. The lowest BCUT2D eigenvalue weighted by molar-refractivity contribution is -0.619. The van der Waals surface area contributed by atoms with Crippen LogP contribution >= 0.6 is 0 Å². The summed E-state index contributed by atoms with van der Waals surface area (Å²) < 4.78 is 6.75. The quantitative estimate of drug-likeness (QED) is 0.324. The molecule has 1 N–H and O–H groups in total.